The first kappa shape index (κ1) is 12.7. The molecule has 5 heteroatoms. The molecule has 0 rings (SSSR count). The first-order valence-corrected chi connectivity index (χ1v) is 2.75. The quantitative estimate of drug-likeness (QED) is 0.686. The minimum absolute atomic E-state index is 0. The Morgan fingerprint density at radius 1 is 1.40 bits per heavy atom. The maximum atomic E-state index is 11.6. The van der Waals surface area contributed by atoms with Crippen LogP contribution in [0.2, 0.25) is 0 Å². The van der Waals surface area contributed by atoms with E-state index in [0.29, 0.717) is 0 Å². The molecule has 0 bridgehead atoms. The number of hydrogen-bond donors (Lipinski definition) is 1. The molecule has 0 spiro atoms. The van der Waals surface area contributed by atoms with Crippen molar-refractivity contribution in [3.63, 3.8) is 0 Å². The third-order valence-electron chi connectivity index (χ3n) is 1.16. The summed E-state index contributed by atoms with van der Waals surface area (Å²) < 4.78 is 34.7. The van der Waals surface area contributed by atoms with Crippen molar-refractivity contribution >= 4 is 12.4 Å². The van der Waals surface area contributed by atoms with Crippen molar-refractivity contribution in [3.05, 3.63) is 0 Å². The van der Waals surface area contributed by atoms with E-state index in [9.17, 15) is 13.2 Å². The van der Waals surface area contributed by atoms with Crippen molar-refractivity contribution in [2.75, 3.05) is 6.54 Å². The zero-order valence-electron chi connectivity index (χ0n) is 5.61. The van der Waals surface area contributed by atoms with Crippen LogP contribution in [0.15, 0.2) is 0 Å². The zero-order chi connectivity index (χ0) is 7.49. The van der Waals surface area contributed by atoms with Gasteiger partial charge >= 0.3 is 6.18 Å². The second-order valence-corrected chi connectivity index (χ2v) is 2.02. The molecule has 1 unspecified atom stereocenters. The van der Waals surface area contributed by atoms with Crippen molar-refractivity contribution < 1.29 is 13.2 Å². The van der Waals surface area contributed by atoms with Crippen molar-refractivity contribution in [2.24, 2.45) is 11.7 Å². The summed E-state index contributed by atoms with van der Waals surface area (Å²) in [4.78, 5) is 0. The Morgan fingerprint density at radius 3 is 1.90 bits per heavy atom. The molecular weight excluding hydrogens is 167 g/mol. The Labute approximate surface area is 64.2 Å². The fraction of sp³-hybridized carbons (Fsp3) is 1.00. The molecule has 0 aromatic heterocycles. The summed E-state index contributed by atoms with van der Waals surface area (Å²) >= 11 is 0. The molecule has 0 saturated heterocycles. The van der Waals surface area contributed by atoms with Gasteiger partial charge < -0.3 is 5.73 Å². The third-order valence-corrected chi connectivity index (χ3v) is 1.16. The lowest BCUT2D eigenvalue weighted by molar-refractivity contribution is -0.170. The molecule has 0 aliphatic rings. The van der Waals surface area contributed by atoms with Gasteiger partial charge in [0.15, 0.2) is 0 Å². The van der Waals surface area contributed by atoms with Crippen LogP contribution in [-0.4, -0.2) is 12.7 Å². The third kappa shape index (κ3) is 4.88. The van der Waals surface area contributed by atoms with Crippen molar-refractivity contribution in [1.82, 2.24) is 0 Å². The van der Waals surface area contributed by atoms with Gasteiger partial charge in [0.25, 0.3) is 0 Å². The smallest absolute Gasteiger partial charge is 0.330 e. The van der Waals surface area contributed by atoms with E-state index in [4.69, 9.17) is 5.73 Å². The largest absolute Gasteiger partial charge is 0.391 e. The molecule has 0 fully saturated rings. The van der Waals surface area contributed by atoms with E-state index >= 15 is 0 Å². The van der Waals surface area contributed by atoms with E-state index in [1.165, 1.54) is 0 Å². The monoisotopic (exact) mass is 177 g/mol. The molecule has 0 aromatic carbocycles. The summed E-state index contributed by atoms with van der Waals surface area (Å²) in [6, 6.07) is 0. The normalized spacial score (nSPS) is 14.1. The van der Waals surface area contributed by atoms with E-state index in [0.717, 1.165) is 6.92 Å². The molecule has 1 atom stereocenters. The van der Waals surface area contributed by atoms with E-state index < -0.39 is 12.1 Å². The molecule has 0 saturated carbocycles. The Balaban J connectivity index is 0. The summed E-state index contributed by atoms with van der Waals surface area (Å²) in [7, 11) is 0. The number of rotatable bonds is 2. The first-order valence-electron chi connectivity index (χ1n) is 2.75. The number of halogens is 4. The van der Waals surface area contributed by atoms with Gasteiger partial charge in [-0.1, -0.05) is 6.92 Å². The second kappa shape index (κ2) is 4.79. The predicted molar refractivity (Wildman–Crippen MR) is 36.1 cm³/mol. The lowest BCUT2D eigenvalue weighted by Gasteiger charge is -2.13. The van der Waals surface area contributed by atoms with Crippen LogP contribution < -0.4 is 5.73 Å². The molecule has 0 heterocycles. The van der Waals surface area contributed by atoms with Crippen molar-refractivity contribution in [3.8, 4) is 0 Å². The summed E-state index contributed by atoms with van der Waals surface area (Å²) in [5.41, 5.74) is 4.93. The lowest BCUT2D eigenvalue weighted by atomic mass is 10.1. The van der Waals surface area contributed by atoms with Gasteiger partial charge in [0.05, 0.1) is 5.92 Å². The molecule has 64 valence electrons. The van der Waals surface area contributed by atoms with Gasteiger partial charge in [-0.15, -0.1) is 12.4 Å². The molecule has 2 N–H and O–H groups in total. The molecule has 0 aromatic rings. The van der Waals surface area contributed by atoms with Crippen LogP contribution in [0.25, 0.3) is 0 Å². The minimum Gasteiger partial charge on any atom is -0.330 e. The predicted octanol–water partition coefficient (Wildman–Crippen LogP) is 1.96. The van der Waals surface area contributed by atoms with E-state index in [2.05, 4.69) is 0 Å². The minimum atomic E-state index is -4.07. The maximum absolute atomic E-state index is 11.6. The summed E-state index contributed by atoms with van der Waals surface area (Å²) in [5.74, 6) is -1.26. The molecule has 0 amide bonds. The Hall–Kier alpha value is 0.0400. The van der Waals surface area contributed by atoms with Crippen molar-refractivity contribution in [1.29, 1.82) is 0 Å². The SMILES string of the molecule is CC(CCN)C(F)(F)F.Cl. The second-order valence-electron chi connectivity index (χ2n) is 2.02. The summed E-state index contributed by atoms with van der Waals surface area (Å²) in [6.45, 7) is 1.23. The van der Waals surface area contributed by atoms with Crippen LogP contribution in [0.1, 0.15) is 13.3 Å². The lowest BCUT2D eigenvalue weighted by Crippen LogP contribution is -2.22. The average Bonchev–Trinajstić information content (AvgIpc) is 1.64. The van der Waals surface area contributed by atoms with E-state index in [-0.39, 0.29) is 25.4 Å². The first-order chi connectivity index (χ1) is 3.98. The summed E-state index contributed by atoms with van der Waals surface area (Å²) in [5, 5.41) is 0. The molecule has 0 aliphatic carbocycles. The van der Waals surface area contributed by atoms with Crippen LogP contribution in [0.3, 0.4) is 0 Å². The van der Waals surface area contributed by atoms with Crippen LogP contribution >= 0.6 is 12.4 Å². The highest BCUT2D eigenvalue weighted by Crippen LogP contribution is 2.27. The average molecular weight is 178 g/mol. The number of hydrogen-bond acceptors (Lipinski definition) is 1. The van der Waals surface area contributed by atoms with Gasteiger partial charge in [-0.3, -0.25) is 0 Å². The Bertz CT molecular complexity index is 83.5. The number of nitrogens with two attached hydrogens (primary N) is 1. The molecule has 1 nitrogen and oxygen atoms in total. The maximum Gasteiger partial charge on any atom is 0.391 e. The van der Waals surface area contributed by atoms with Crippen molar-refractivity contribution in [2.45, 2.75) is 19.5 Å². The van der Waals surface area contributed by atoms with Gasteiger partial charge in [-0.05, 0) is 13.0 Å². The van der Waals surface area contributed by atoms with Crippen LogP contribution in [0.4, 0.5) is 13.2 Å². The van der Waals surface area contributed by atoms with Crippen LogP contribution in [0.5, 0.6) is 0 Å². The van der Waals surface area contributed by atoms with Gasteiger partial charge in [-0.25, -0.2) is 0 Å². The highest BCUT2D eigenvalue weighted by atomic mass is 35.5. The van der Waals surface area contributed by atoms with Crippen LogP contribution in [0, 0.1) is 5.92 Å². The standard InChI is InChI=1S/C5H10F3N.ClH/c1-4(2-3-9)5(6,7)8;/h4H,2-3,9H2,1H3;1H. The summed E-state index contributed by atoms with van der Waals surface area (Å²) in [6.07, 6.45) is -4.05. The fourth-order valence-electron chi connectivity index (χ4n) is 0.414. The van der Waals surface area contributed by atoms with Crippen LogP contribution in [-0.2, 0) is 0 Å². The highest BCUT2D eigenvalue weighted by Gasteiger charge is 2.34. The van der Waals surface area contributed by atoms with Gasteiger partial charge in [0, 0.05) is 0 Å². The van der Waals surface area contributed by atoms with Gasteiger partial charge in [-0.2, -0.15) is 13.2 Å². The molecule has 0 aliphatic heterocycles. The van der Waals surface area contributed by atoms with Gasteiger partial charge in [0.2, 0.25) is 0 Å². The highest BCUT2D eigenvalue weighted by molar-refractivity contribution is 5.85. The zero-order valence-corrected chi connectivity index (χ0v) is 6.43. The fourth-order valence-corrected chi connectivity index (χ4v) is 0.414. The topological polar surface area (TPSA) is 26.0 Å². The number of alkyl halides is 3. The van der Waals surface area contributed by atoms with E-state index in [1.807, 2.05) is 0 Å². The molecule has 10 heavy (non-hydrogen) atoms. The molecule has 0 radical (unpaired) electrons. The van der Waals surface area contributed by atoms with Gasteiger partial charge in [0.1, 0.15) is 0 Å². The Morgan fingerprint density at radius 2 is 1.80 bits per heavy atom. The van der Waals surface area contributed by atoms with E-state index in [1.54, 1.807) is 0 Å². The Kier molecular flexibility index (Phi) is 6.09. The molecular formula is C5H11ClF3N.